The molecule has 210 valence electrons. The van der Waals surface area contributed by atoms with E-state index >= 15 is 0 Å². The highest BCUT2D eigenvalue weighted by Crippen LogP contribution is 2.28. The predicted octanol–water partition coefficient (Wildman–Crippen LogP) is 4.97. The second-order valence-corrected chi connectivity index (χ2v) is 10.5. The van der Waals surface area contributed by atoms with Gasteiger partial charge in [0, 0.05) is 13.0 Å². The number of carbonyl (C=O) groups excluding carboxylic acids is 1. The highest BCUT2D eigenvalue weighted by atomic mass is 16.4. The van der Waals surface area contributed by atoms with Crippen LogP contribution in [-0.2, 0) is 16.1 Å². The van der Waals surface area contributed by atoms with Gasteiger partial charge in [-0.15, -0.1) is 0 Å². The van der Waals surface area contributed by atoms with Gasteiger partial charge < -0.3 is 10.0 Å². The molecule has 1 fully saturated rings. The van der Waals surface area contributed by atoms with Crippen LogP contribution >= 0.6 is 0 Å². The number of carbonyl (C=O) groups is 2. The van der Waals surface area contributed by atoms with E-state index in [4.69, 9.17) is 5.84 Å². The first-order valence-electron chi connectivity index (χ1n) is 13.8. The first-order chi connectivity index (χ1) is 18.2. The molecule has 2 unspecified atom stereocenters. The number of hydrogen-bond acceptors (Lipinski definition) is 6. The molecular weight excluding hydrogens is 478 g/mol. The smallest absolute Gasteiger partial charge is 0.326 e. The Balaban J connectivity index is 0.000000904. The summed E-state index contributed by atoms with van der Waals surface area (Å²) in [6.07, 6.45) is 6.14. The second kappa shape index (κ2) is 16.2. The first-order valence-corrected chi connectivity index (χ1v) is 13.8. The van der Waals surface area contributed by atoms with Crippen LogP contribution in [0.15, 0.2) is 48.5 Å². The zero-order valence-corrected chi connectivity index (χ0v) is 23.7. The fourth-order valence-corrected chi connectivity index (χ4v) is 4.56. The number of benzene rings is 2. The molecule has 0 heterocycles. The van der Waals surface area contributed by atoms with Crippen molar-refractivity contribution in [3.8, 4) is 11.1 Å². The van der Waals surface area contributed by atoms with E-state index in [1.165, 1.54) is 24.2 Å². The molecule has 1 saturated carbocycles. The van der Waals surface area contributed by atoms with E-state index in [9.17, 15) is 14.7 Å². The van der Waals surface area contributed by atoms with Crippen molar-refractivity contribution in [3.63, 3.8) is 0 Å². The van der Waals surface area contributed by atoms with Crippen LogP contribution < -0.4 is 22.1 Å². The maximum Gasteiger partial charge on any atom is 0.326 e. The molecule has 0 bridgehead atoms. The molecule has 2 atom stereocenters. The third kappa shape index (κ3) is 9.20. The zero-order valence-electron chi connectivity index (χ0n) is 23.7. The minimum absolute atomic E-state index is 0.123. The van der Waals surface area contributed by atoms with Gasteiger partial charge in [0.1, 0.15) is 12.2 Å². The third-order valence-corrected chi connectivity index (χ3v) is 7.02. The summed E-state index contributed by atoms with van der Waals surface area (Å²) < 4.78 is 0. The maximum atomic E-state index is 12.9. The molecule has 38 heavy (non-hydrogen) atoms. The number of aliphatic carboxylic acids is 1. The Morgan fingerprint density at radius 1 is 1.11 bits per heavy atom. The summed E-state index contributed by atoms with van der Waals surface area (Å²) in [6, 6.07) is 14.9. The number of rotatable bonds is 13. The summed E-state index contributed by atoms with van der Waals surface area (Å²) in [4.78, 5) is 26.4. The van der Waals surface area contributed by atoms with Gasteiger partial charge in [0.05, 0.1) is 0 Å². The number of amides is 1. The van der Waals surface area contributed by atoms with Crippen LogP contribution in [0.2, 0.25) is 0 Å². The molecule has 2 aromatic carbocycles. The van der Waals surface area contributed by atoms with Gasteiger partial charge in [0.15, 0.2) is 0 Å². The van der Waals surface area contributed by atoms with Crippen LogP contribution in [0, 0.1) is 11.8 Å². The van der Waals surface area contributed by atoms with Crippen molar-refractivity contribution in [1.29, 1.82) is 0 Å². The zero-order chi connectivity index (χ0) is 28.1. The van der Waals surface area contributed by atoms with Crippen LogP contribution in [0.3, 0.4) is 0 Å². The maximum absolute atomic E-state index is 12.9. The van der Waals surface area contributed by atoms with Gasteiger partial charge in [-0.1, -0.05) is 102 Å². The summed E-state index contributed by atoms with van der Waals surface area (Å²) in [5, 5.41) is 9.79. The number of unbranched alkanes of at least 4 members (excludes halogenated alkanes) is 1. The lowest BCUT2D eigenvalue weighted by molar-refractivity contribution is -0.153. The SMILES string of the molecule is CC1CCC1.CCCCC(=O)N(Cc1ccc(-c2ccccc2C(NN)NNC)cc1)C(C(=O)O)C(C)C. The number of carboxylic acid groups (broad SMARTS) is 1. The Morgan fingerprint density at radius 2 is 1.74 bits per heavy atom. The summed E-state index contributed by atoms with van der Waals surface area (Å²) in [7, 11) is 1.77. The highest BCUT2D eigenvalue weighted by Gasteiger charge is 2.32. The molecule has 6 N–H and O–H groups in total. The largest absolute Gasteiger partial charge is 0.480 e. The number of carboxylic acids is 1. The number of hydrazine groups is 2. The molecular formula is C30H47N5O3. The fraction of sp³-hybridized carbons (Fsp3) is 0.533. The summed E-state index contributed by atoms with van der Waals surface area (Å²) >= 11 is 0. The predicted molar refractivity (Wildman–Crippen MR) is 153 cm³/mol. The molecule has 8 heteroatoms. The molecule has 0 aliphatic heterocycles. The Morgan fingerprint density at radius 3 is 2.21 bits per heavy atom. The van der Waals surface area contributed by atoms with Crippen molar-refractivity contribution in [3.05, 3.63) is 59.7 Å². The standard InChI is InChI=1S/C25H37N5O3.C5H10/c1-5-6-11-22(31)30(23(17(2)3)25(32)33)16-18-12-14-19(15-13-18)20-9-7-8-10-21(20)24(28-26)29-27-4;1-5-3-2-4-5/h7-10,12-15,17,23-24,27-29H,5-6,11,16,26H2,1-4H3,(H,32,33);5H,2-4H2,1H3. The van der Waals surface area contributed by atoms with Crippen LogP contribution in [-0.4, -0.2) is 35.0 Å². The van der Waals surface area contributed by atoms with Crippen molar-refractivity contribution < 1.29 is 14.7 Å². The van der Waals surface area contributed by atoms with E-state index in [2.05, 4.69) is 23.2 Å². The Kier molecular flexibility index (Phi) is 13.4. The van der Waals surface area contributed by atoms with Gasteiger partial charge in [-0.2, -0.15) is 0 Å². The number of hydrogen-bond donors (Lipinski definition) is 5. The van der Waals surface area contributed by atoms with Crippen molar-refractivity contribution in [2.75, 3.05) is 7.05 Å². The normalized spacial score (nSPS) is 14.7. The van der Waals surface area contributed by atoms with Gasteiger partial charge in [0.25, 0.3) is 0 Å². The Hall–Kier alpha value is -2.78. The van der Waals surface area contributed by atoms with Crippen molar-refractivity contribution >= 4 is 11.9 Å². The van der Waals surface area contributed by atoms with Crippen LogP contribution in [0.1, 0.15) is 83.5 Å². The van der Waals surface area contributed by atoms with Crippen molar-refractivity contribution in [1.82, 2.24) is 21.2 Å². The van der Waals surface area contributed by atoms with Gasteiger partial charge in [-0.25, -0.2) is 15.6 Å². The molecule has 8 nitrogen and oxygen atoms in total. The minimum atomic E-state index is -0.974. The fourth-order valence-electron chi connectivity index (χ4n) is 4.56. The molecule has 0 radical (unpaired) electrons. The highest BCUT2D eigenvalue weighted by molar-refractivity contribution is 5.84. The summed E-state index contributed by atoms with van der Waals surface area (Å²) in [6.45, 7) is 8.25. The lowest BCUT2D eigenvalue weighted by Crippen LogP contribution is -2.47. The summed E-state index contributed by atoms with van der Waals surface area (Å²) in [5.41, 5.74) is 12.6. The second-order valence-electron chi connectivity index (χ2n) is 10.5. The number of nitrogens with zero attached hydrogens (tertiary/aromatic N) is 1. The van der Waals surface area contributed by atoms with Crippen LogP contribution in [0.4, 0.5) is 0 Å². The lowest BCUT2D eigenvalue weighted by Gasteiger charge is -2.32. The van der Waals surface area contributed by atoms with E-state index in [-0.39, 0.29) is 24.5 Å². The molecule has 0 spiro atoms. The van der Waals surface area contributed by atoms with Gasteiger partial charge in [-0.05, 0) is 47.6 Å². The Bertz CT molecular complexity index is 992. The molecule has 1 amide bonds. The first kappa shape index (κ1) is 31.4. The molecule has 1 aliphatic carbocycles. The molecule has 3 rings (SSSR count). The topological polar surface area (TPSA) is 120 Å². The van der Waals surface area contributed by atoms with E-state index in [1.807, 2.05) is 69.3 Å². The van der Waals surface area contributed by atoms with Gasteiger partial charge in [-0.3, -0.25) is 16.1 Å². The van der Waals surface area contributed by atoms with Crippen LogP contribution in [0.5, 0.6) is 0 Å². The molecule has 0 saturated heterocycles. The van der Waals surface area contributed by atoms with Gasteiger partial charge in [0.2, 0.25) is 5.91 Å². The average Bonchev–Trinajstić information content (AvgIpc) is 2.89. The van der Waals surface area contributed by atoms with E-state index in [0.717, 1.165) is 41.0 Å². The number of nitrogens with one attached hydrogen (secondary N) is 3. The van der Waals surface area contributed by atoms with E-state index in [1.54, 1.807) is 7.05 Å². The van der Waals surface area contributed by atoms with Crippen molar-refractivity contribution in [2.45, 2.75) is 85.0 Å². The lowest BCUT2D eigenvalue weighted by atomic mass is 9.88. The average molecular weight is 526 g/mol. The number of nitrogens with two attached hydrogens (primary N) is 1. The molecule has 2 aromatic rings. The monoisotopic (exact) mass is 525 g/mol. The van der Waals surface area contributed by atoms with E-state index in [0.29, 0.717) is 6.42 Å². The van der Waals surface area contributed by atoms with Crippen LogP contribution in [0.25, 0.3) is 11.1 Å². The summed E-state index contributed by atoms with van der Waals surface area (Å²) in [5.74, 6) is 5.49. The minimum Gasteiger partial charge on any atom is -0.480 e. The Labute approximate surface area is 228 Å². The molecule has 1 aliphatic rings. The van der Waals surface area contributed by atoms with Crippen molar-refractivity contribution in [2.24, 2.45) is 17.7 Å². The van der Waals surface area contributed by atoms with E-state index < -0.39 is 12.0 Å². The third-order valence-electron chi connectivity index (χ3n) is 7.02. The molecule has 0 aromatic heterocycles. The van der Waals surface area contributed by atoms with Gasteiger partial charge >= 0.3 is 5.97 Å². The quantitative estimate of drug-likeness (QED) is 0.142.